The summed E-state index contributed by atoms with van der Waals surface area (Å²) in [6.07, 6.45) is 1.17. The van der Waals surface area contributed by atoms with Gasteiger partial charge in [0.15, 0.2) is 0 Å². The number of hydrogen-bond donors (Lipinski definition) is 1. The summed E-state index contributed by atoms with van der Waals surface area (Å²) in [5, 5.41) is 3.04. The molecule has 19 heavy (non-hydrogen) atoms. The molecule has 1 saturated heterocycles. The molecule has 1 amide bonds. The van der Waals surface area contributed by atoms with Gasteiger partial charge in [0, 0.05) is 22.0 Å². The van der Waals surface area contributed by atoms with E-state index in [1.807, 2.05) is 18.2 Å². The summed E-state index contributed by atoms with van der Waals surface area (Å²) in [6.45, 7) is 6.28. The number of nitrogens with zero attached hydrogens (tertiary/aromatic N) is 1. The third-order valence-corrected chi connectivity index (χ3v) is 4.73. The lowest BCUT2D eigenvalue weighted by Gasteiger charge is -2.14. The highest BCUT2D eigenvalue weighted by atomic mass is 79.9. The maximum Gasteiger partial charge on any atom is 0.252 e. The fourth-order valence-electron chi connectivity index (χ4n) is 2.37. The Hall–Kier alpha value is -0.390. The number of rotatable bonds is 4. The number of benzene rings is 1. The SMILES string of the molecule is CCN1CCC(CNC(=O)c2cc(Br)ccc2Br)C1. The molecule has 1 aromatic rings. The van der Waals surface area contributed by atoms with Crippen molar-refractivity contribution < 1.29 is 4.79 Å². The first-order valence-electron chi connectivity index (χ1n) is 6.55. The minimum absolute atomic E-state index is 0.0110. The molecule has 1 fully saturated rings. The van der Waals surface area contributed by atoms with Crippen molar-refractivity contribution in [2.45, 2.75) is 13.3 Å². The summed E-state index contributed by atoms with van der Waals surface area (Å²) in [5.74, 6) is 0.568. The normalized spacial score (nSPS) is 19.6. The summed E-state index contributed by atoms with van der Waals surface area (Å²) < 4.78 is 1.74. The fourth-order valence-corrected chi connectivity index (χ4v) is 3.16. The molecular weight excluding hydrogens is 372 g/mol. The van der Waals surface area contributed by atoms with Crippen LogP contribution in [0.1, 0.15) is 23.7 Å². The van der Waals surface area contributed by atoms with E-state index < -0.39 is 0 Å². The second-order valence-corrected chi connectivity index (χ2v) is 6.65. The lowest BCUT2D eigenvalue weighted by molar-refractivity contribution is 0.0946. The van der Waals surface area contributed by atoms with Crippen molar-refractivity contribution >= 4 is 37.8 Å². The number of halogens is 2. The third kappa shape index (κ3) is 4.04. The standard InChI is InChI=1S/C14H18Br2N2O/c1-2-18-6-5-10(9-18)8-17-14(19)12-7-11(15)3-4-13(12)16/h3-4,7,10H,2,5-6,8-9H2,1H3,(H,17,19). The molecule has 1 aromatic carbocycles. The molecule has 0 spiro atoms. The van der Waals surface area contributed by atoms with Crippen LogP contribution >= 0.6 is 31.9 Å². The maximum atomic E-state index is 12.1. The van der Waals surface area contributed by atoms with E-state index in [0.29, 0.717) is 11.5 Å². The van der Waals surface area contributed by atoms with Crippen LogP contribution in [0.2, 0.25) is 0 Å². The Labute approximate surface area is 131 Å². The third-order valence-electron chi connectivity index (χ3n) is 3.54. The van der Waals surface area contributed by atoms with Gasteiger partial charge in [-0.25, -0.2) is 0 Å². The molecule has 3 nitrogen and oxygen atoms in total. The number of hydrogen-bond acceptors (Lipinski definition) is 2. The van der Waals surface area contributed by atoms with Crippen LogP contribution < -0.4 is 5.32 Å². The van der Waals surface area contributed by atoms with Gasteiger partial charge in [0.25, 0.3) is 5.91 Å². The second-order valence-electron chi connectivity index (χ2n) is 4.88. The molecule has 0 radical (unpaired) electrons. The van der Waals surface area contributed by atoms with Gasteiger partial charge in [-0.15, -0.1) is 0 Å². The largest absolute Gasteiger partial charge is 0.352 e. The predicted molar refractivity (Wildman–Crippen MR) is 84.4 cm³/mol. The molecule has 1 N–H and O–H groups in total. The van der Waals surface area contributed by atoms with Crippen molar-refractivity contribution in [3.05, 3.63) is 32.7 Å². The van der Waals surface area contributed by atoms with Crippen molar-refractivity contribution in [3.8, 4) is 0 Å². The van der Waals surface area contributed by atoms with E-state index in [4.69, 9.17) is 0 Å². The zero-order valence-electron chi connectivity index (χ0n) is 11.0. The predicted octanol–water partition coefficient (Wildman–Crippen LogP) is 3.28. The van der Waals surface area contributed by atoms with Gasteiger partial charge in [0.05, 0.1) is 5.56 Å². The summed E-state index contributed by atoms with van der Waals surface area (Å²) in [4.78, 5) is 14.6. The molecule has 0 aromatic heterocycles. The number of likely N-dealkylation sites (tertiary alicyclic amines) is 1. The molecule has 1 aliphatic rings. The van der Waals surface area contributed by atoms with E-state index in [-0.39, 0.29) is 5.91 Å². The quantitative estimate of drug-likeness (QED) is 0.856. The smallest absolute Gasteiger partial charge is 0.252 e. The summed E-state index contributed by atoms with van der Waals surface area (Å²) in [6, 6.07) is 5.64. The Morgan fingerprint density at radius 2 is 2.26 bits per heavy atom. The number of nitrogens with one attached hydrogen (secondary N) is 1. The second kappa shape index (κ2) is 6.86. The van der Waals surface area contributed by atoms with Gasteiger partial charge in [-0.2, -0.15) is 0 Å². The molecule has 0 bridgehead atoms. The van der Waals surface area contributed by atoms with Gasteiger partial charge < -0.3 is 10.2 Å². The van der Waals surface area contributed by atoms with Crippen molar-refractivity contribution in [2.24, 2.45) is 5.92 Å². The van der Waals surface area contributed by atoms with Crippen LogP contribution in [-0.4, -0.2) is 37.0 Å². The first kappa shape index (κ1) is 15.0. The van der Waals surface area contributed by atoms with Gasteiger partial charge in [0.1, 0.15) is 0 Å². The molecule has 104 valence electrons. The van der Waals surface area contributed by atoms with Gasteiger partial charge in [-0.1, -0.05) is 22.9 Å². The average Bonchev–Trinajstić information content (AvgIpc) is 2.87. The zero-order chi connectivity index (χ0) is 13.8. The molecule has 1 atom stereocenters. The number of carbonyl (C=O) groups is 1. The minimum atomic E-state index is -0.0110. The van der Waals surface area contributed by atoms with E-state index in [0.717, 1.165) is 35.1 Å². The van der Waals surface area contributed by atoms with Gasteiger partial charge >= 0.3 is 0 Å². The molecule has 1 heterocycles. The van der Waals surface area contributed by atoms with Crippen molar-refractivity contribution in [2.75, 3.05) is 26.2 Å². The van der Waals surface area contributed by atoms with Gasteiger partial charge in [0.2, 0.25) is 0 Å². The molecule has 1 unspecified atom stereocenters. The fraction of sp³-hybridized carbons (Fsp3) is 0.500. The van der Waals surface area contributed by atoms with Gasteiger partial charge in [-0.05, 0) is 59.6 Å². The number of carbonyl (C=O) groups excluding carboxylic acids is 1. The highest BCUT2D eigenvalue weighted by Gasteiger charge is 2.21. The van der Waals surface area contributed by atoms with Crippen LogP contribution in [0.15, 0.2) is 27.1 Å². The van der Waals surface area contributed by atoms with Crippen molar-refractivity contribution in [1.82, 2.24) is 10.2 Å². The van der Waals surface area contributed by atoms with Crippen LogP contribution in [0.5, 0.6) is 0 Å². The Kier molecular flexibility index (Phi) is 5.42. The first-order chi connectivity index (χ1) is 9.10. The summed E-state index contributed by atoms with van der Waals surface area (Å²) >= 11 is 6.81. The van der Waals surface area contributed by atoms with Crippen LogP contribution in [0.3, 0.4) is 0 Å². The first-order valence-corrected chi connectivity index (χ1v) is 8.14. The van der Waals surface area contributed by atoms with E-state index in [9.17, 15) is 4.79 Å². The highest BCUT2D eigenvalue weighted by Crippen LogP contribution is 2.22. The Bertz CT molecular complexity index is 465. The minimum Gasteiger partial charge on any atom is -0.352 e. The van der Waals surface area contributed by atoms with Gasteiger partial charge in [-0.3, -0.25) is 4.79 Å². The lowest BCUT2D eigenvalue weighted by Crippen LogP contribution is -2.31. The highest BCUT2D eigenvalue weighted by molar-refractivity contribution is 9.11. The number of amides is 1. The average molecular weight is 390 g/mol. The van der Waals surface area contributed by atoms with E-state index in [2.05, 4.69) is 49.0 Å². The molecular formula is C14H18Br2N2O. The van der Waals surface area contributed by atoms with Crippen LogP contribution in [-0.2, 0) is 0 Å². The monoisotopic (exact) mass is 388 g/mol. The Morgan fingerprint density at radius 3 is 2.95 bits per heavy atom. The summed E-state index contributed by atoms with van der Waals surface area (Å²) in [7, 11) is 0. The molecule has 5 heteroatoms. The Morgan fingerprint density at radius 1 is 1.47 bits per heavy atom. The summed E-state index contributed by atoms with van der Waals surface area (Å²) in [5.41, 5.74) is 0.680. The molecule has 0 saturated carbocycles. The van der Waals surface area contributed by atoms with Crippen LogP contribution in [0.25, 0.3) is 0 Å². The van der Waals surface area contributed by atoms with Crippen LogP contribution in [0.4, 0.5) is 0 Å². The van der Waals surface area contributed by atoms with Crippen molar-refractivity contribution in [3.63, 3.8) is 0 Å². The lowest BCUT2D eigenvalue weighted by atomic mass is 10.1. The zero-order valence-corrected chi connectivity index (χ0v) is 14.1. The van der Waals surface area contributed by atoms with E-state index in [1.165, 1.54) is 6.42 Å². The van der Waals surface area contributed by atoms with Crippen molar-refractivity contribution in [1.29, 1.82) is 0 Å². The topological polar surface area (TPSA) is 32.3 Å². The van der Waals surface area contributed by atoms with Crippen LogP contribution in [0, 0.1) is 5.92 Å². The molecule has 2 rings (SSSR count). The molecule has 0 aliphatic carbocycles. The maximum absolute atomic E-state index is 12.1. The Balaban J connectivity index is 1.89. The van der Waals surface area contributed by atoms with E-state index in [1.54, 1.807) is 0 Å². The molecule has 1 aliphatic heterocycles. The van der Waals surface area contributed by atoms with E-state index >= 15 is 0 Å².